The molecule has 7 nitrogen and oxygen atoms in total. The van der Waals surface area contributed by atoms with E-state index in [1.807, 2.05) is 7.05 Å². The van der Waals surface area contributed by atoms with Gasteiger partial charge in [0.1, 0.15) is 6.10 Å². The van der Waals surface area contributed by atoms with Gasteiger partial charge in [-0.1, -0.05) is 30.3 Å². The second kappa shape index (κ2) is 10.4. The summed E-state index contributed by atoms with van der Waals surface area (Å²) in [5.41, 5.74) is 1.33. The molecule has 160 valence electrons. The summed E-state index contributed by atoms with van der Waals surface area (Å²) in [6.45, 7) is 7.59. The Hall–Kier alpha value is -1.67. The molecule has 3 atom stereocenters. The summed E-state index contributed by atoms with van der Waals surface area (Å²) < 4.78 is 17.4. The molecule has 3 saturated heterocycles. The van der Waals surface area contributed by atoms with Crippen molar-refractivity contribution in [3.8, 4) is 0 Å². The van der Waals surface area contributed by atoms with Crippen LogP contribution in [0.1, 0.15) is 24.4 Å². The zero-order valence-corrected chi connectivity index (χ0v) is 17.5. The highest BCUT2D eigenvalue weighted by molar-refractivity contribution is 5.80. The Morgan fingerprint density at radius 1 is 1.07 bits per heavy atom. The number of rotatable bonds is 5. The van der Waals surface area contributed by atoms with Crippen LogP contribution < -0.4 is 5.32 Å². The highest BCUT2D eigenvalue weighted by Crippen LogP contribution is 2.23. The largest absolute Gasteiger partial charge is 0.379 e. The normalized spacial score (nSPS) is 27.8. The smallest absolute Gasteiger partial charge is 0.193 e. The van der Waals surface area contributed by atoms with E-state index in [4.69, 9.17) is 14.2 Å². The third-order valence-electron chi connectivity index (χ3n) is 6.11. The second-order valence-electron chi connectivity index (χ2n) is 7.91. The van der Waals surface area contributed by atoms with E-state index >= 15 is 0 Å². The van der Waals surface area contributed by atoms with Gasteiger partial charge in [0.05, 0.1) is 32.0 Å². The average Bonchev–Trinajstić information content (AvgIpc) is 3.33. The number of ether oxygens (including phenoxy) is 3. The standard InChI is InChI=1S/C22H34N4O3/c1-23-22(26-11-15-29-21(17-26)20-8-5-12-28-20)24-16-19(18-6-3-2-4-7-18)25-9-13-27-14-10-25/h2-4,6-7,19-21H,5,8-17H2,1H3,(H,23,24). The topological polar surface area (TPSA) is 58.6 Å². The van der Waals surface area contributed by atoms with E-state index in [0.29, 0.717) is 6.04 Å². The van der Waals surface area contributed by atoms with Crippen LogP contribution >= 0.6 is 0 Å². The Labute approximate surface area is 174 Å². The molecule has 3 unspecified atom stereocenters. The number of guanidine groups is 1. The summed E-state index contributed by atoms with van der Waals surface area (Å²) in [6.07, 6.45) is 2.59. The lowest BCUT2D eigenvalue weighted by Crippen LogP contribution is -2.54. The van der Waals surface area contributed by atoms with Crippen LogP contribution in [-0.2, 0) is 14.2 Å². The van der Waals surface area contributed by atoms with Gasteiger partial charge in [-0.25, -0.2) is 0 Å². The van der Waals surface area contributed by atoms with Gasteiger partial charge < -0.3 is 24.4 Å². The van der Waals surface area contributed by atoms with Crippen molar-refractivity contribution < 1.29 is 14.2 Å². The number of aliphatic imine (C=N–C) groups is 1. The first-order valence-electron chi connectivity index (χ1n) is 10.9. The summed E-state index contributed by atoms with van der Waals surface area (Å²) in [5.74, 6) is 0.950. The predicted octanol–water partition coefficient (Wildman–Crippen LogP) is 1.52. The number of benzene rings is 1. The zero-order valence-electron chi connectivity index (χ0n) is 17.5. The molecule has 3 aliphatic heterocycles. The first kappa shape index (κ1) is 20.6. The minimum atomic E-state index is 0.133. The molecule has 1 aromatic carbocycles. The van der Waals surface area contributed by atoms with E-state index in [1.54, 1.807) is 0 Å². The minimum Gasteiger partial charge on any atom is -0.379 e. The minimum absolute atomic E-state index is 0.133. The van der Waals surface area contributed by atoms with Crippen molar-refractivity contribution in [3.63, 3.8) is 0 Å². The molecule has 1 N–H and O–H groups in total. The molecule has 3 fully saturated rings. The van der Waals surface area contributed by atoms with Crippen LogP contribution in [0.2, 0.25) is 0 Å². The molecule has 0 radical (unpaired) electrons. The molecule has 0 saturated carbocycles. The number of morpholine rings is 2. The number of hydrogen-bond acceptors (Lipinski definition) is 5. The first-order valence-corrected chi connectivity index (χ1v) is 10.9. The summed E-state index contributed by atoms with van der Waals surface area (Å²) in [5, 5.41) is 3.64. The van der Waals surface area contributed by atoms with Gasteiger partial charge in [-0.3, -0.25) is 9.89 Å². The van der Waals surface area contributed by atoms with Crippen molar-refractivity contribution in [1.82, 2.24) is 15.1 Å². The molecule has 0 aromatic heterocycles. The quantitative estimate of drug-likeness (QED) is 0.595. The third kappa shape index (κ3) is 5.28. The number of nitrogens with zero attached hydrogens (tertiary/aromatic N) is 3. The lowest BCUT2D eigenvalue weighted by atomic mass is 10.0. The van der Waals surface area contributed by atoms with E-state index < -0.39 is 0 Å². The van der Waals surface area contributed by atoms with E-state index in [9.17, 15) is 0 Å². The first-order chi connectivity index (χ1) is 14.3. The monoisotopic (exact) mass is 402 g/mol. The van der Waals surface area contributed by atoms with Gasteiger partial charge >= 0.3 is 0 Å². The van der Waals surface area contributed by atoms with E-state index in [2.05, 4.69) is 50.4 Å². The van der Waals surface area contributed by atoms with Gasteiger partial charge in [0.2, 0.25) is 0 Å². The molecule has 3 aliphatic rings. The SMILES string of the molecule is CN=C(NCC(c1ccccc1)N1CCOCC1)N1CCOC(C2CCCO2)C1. The molecule has 0 amide bonds. The fourth-order valence-electron chi connectivity index (χ4n) is 4.53. The average molecular weight is 403 g/mol. The van der Waals surface area contributed by atoms with Crippen LogP contribution in [0.5, 0.6) is 0 Å². The highest BCUT2D eigenvalue weighted by atomic mass is 16.5. The Bertz CT molecular complexity index is 645. The summed E-state index contributed by atoms with van der Waals surface area (Å²) in [7, 11) is 1.87. The fraction of sp³-hybridized carbons (Fsp3) is 0.682. The summed E-state index contributed by atoms with van der Waals surface area (Å²) in [4.78, 5) is 9.40. The molecule has 29 heavy (non-hydrogen) atoms. The molecule has 3 heterocycles. The second-order valence-corrected chi connectivity index (χ2v) is 7.91. The van der Waals surface area contributed by atoms with E-state index in [-0.39, 0.29) is 12.2 Å². The maximum absolute atomic E-state index is 6.01. The molecule has 7 heteroatoms. The molecular weight excluding hydrogens is 368 g/mol. The van der Waals surface area contributed by atoms with Gasteiger partial charge in [-0.15, -0.1) is 0 Å². The zero-order chi connectivity index (χ0) is 19.9. The fourth-order valence-corrected chi connectivity index (χ4v) is 4.53. The molecule has 0 spiro atoms. The predicted molar refractivity (Wildman–Crippen MR) is 113 cm³/mol. The van der Waals surface area contributed by atoms with Gasteiger partial charge in [-0.2, -0.15) is 0 Å². The van der Waals surface area contributed by atoms with Crippen molar-refractivity contribution in [2.75, 3.05) is 66.2 Å². The molecular formula is C22H34N4O3. The molecule has 4 rings (SSSR count). The summed E-state index contributed by atoms with van der Waals surface area (Å²) in [6, 6.07) is 11.0. The van der Waals surface area contributed by atoms with Crippen LogP contribution in [0.25, 0.3) is 0 Å². The lowest BCUT2D eigenvalue weighted by molar-refractivity contribution is -0.0817. The van der Waals surface area contributed by atoms with Crippen molar-refractivity contribution >= 4 is 5.96 Å². The van der Waals surface area contributed by atoms with Crippen LogP contribution in [0.4, 0.5) is 0 Å². The Morgan fingerprint density at radius 3 is 2.59 bits per heavy atom. The number of nitrogens with one attached hydrogen (secondary N) is 1. The van der Waals surface area contributed by atoms with Crippen molar-refractivity contribution in [1.29, 1.82) is 0 Å². The van der Waals surface area contributed by atoms with Crippen LogP contribution in [0, 0.1) is 0 Å². The highest BCUT2D eigenvalue weighted by Gasteiger charge is 2.32. The molecule has 0 aliphatic carbocycles. The van der Waals surface area contributed by atoms with Crippen molar-refractivity contribution in [3.05, 3.63) is 35.9 Å². The Kier molecular flexibility index (Phi) is 7.38. The summed E-state index contributed by atoms with van der Waals surface area (Å²) >= 11 is 0. The third-order valence-corrected chi connectivity index (χ3v) is 6.11. The van der Waals surface area contributed by atoms with E-state index in [0.717, 1.165) is 78.0 Å². The van der Waals surface area contributed by atoms with Crippen LogP contribution in [0.15, 0.2) is 35.3 Å². The Morgan fingerprint density at radius 2 is 1.86 bits per heavy atom. The van der Waals surface area contributed by atoms with Crippen molar-refractivity contribution in [2.24, 2.45) is 4.99 Å². The lowest BCUT2D eigenvalue weighted by Gasteiger charge is -2.39. The maximum Gasteiger partial charge on any atom is 0.193 e. The van der Waals surface area contributed by atoms with Gasteiger partial charge in [0, 0.05) is 46.4 Å². The van der Waals surface area contributed by atoms with Gasteiger partial charge in [-0.05, 0) is 18.4 Å². The number of hydrogen-bond donors (Lipinski definition) is 1. The van der Waals surface area contributed by atoms with Crippen LogP contribution in [-0.4, -0.2) is 94.2 Å². The molecule has 0 bridgehead atoms. The van der Waals surface area contributed by atoms with Crippen LogP contribution in [0.3, 0.4) is 0 Å². The Balaban J connectivity index is 1.39. The van der Waals surface area contributed by atoms with Crippen molar-refractivity contribution in [2.45, 2.75) is 31.1 Å². The van der Waals surface area contributed by atoms with Gasteiger partial charge in [0.25, 0.3) is 0 Å². The van der Waals surface area contributed by atoms with E-state index in [1.165, 1.54) is 5.56 Å². The maximum atomic E-state index is 6.01. The molecule has 1 aromatic rings. The van der Waals surface area contributed by atoms with Gasteiger partial charge in [0.15, 0.2) is 5.96 Å².